The second-order valence-electron chi connectivity index (χ2n) is 7.65. The van der Waals surface area contributed by atoms with Crippen LogP contribution in [0.1, 0.15) is 38.1 Å². The molecule has 33 heavy (non-hydrogen) atoms. The Labute approximate surface area is 194 Å². The van der Waals surface area contributed by atoms with E-state index >= 15 is 0 Å². The highest BCUT2D eigenvalue weighted by molar-refractivity contribution is 7.16. The number of rotatable bonds is 5. The van der Waals surface area contributed by atoms with Gasteiger partial charge in [-0.05, 0) is 49.2 Å². The number of anilines is 1. The van der Waals surface area contributed by atoms with Gasteiger partial charge in [-0.2, -0.15) is 0 Å². The number of carbonyl (C=O) groups excluding carboxylic acids is 2. The van der Waals surface area contributed by atoms with E-state index in [1.54, 1.807) is 6.07 Å². The summed E-state index contributed by atoms with van der Waals surface area (Å²) in [4.78, 5) is 31.3. The second kappa shape index (κ2) is 8.22. The molecule has 0 bridgehead atoms. The minimum absolute atomic E-state index is 0.180. The molecule has 2 aromatic carbocycles. The molecule has 3 N–H and O–H groups in total. The lowest BCUT2D eigenvalue weighted by Gasteiger charge is -2.11. The molecule has 7 nitrogen and oxygen atoms in total. The molecule has 166 valence electrons. The van der Waals surface area contributed by atoms with Gasteiger partial charge in [0.05, 0.1) is 22.3 Å². The second-order valence-corrected chi connectivity index (χ2v) is 8.88. The average molecular weight is 460 g/mol. The standard InChI is InChI=1S/C25H21N3O4S/c1-3-15-13(2)33-25(22(15)23(26)29)28-24(30)17-11-19(27-18-7-5-4-6-16(17)18)14-8-9-20-21(10-14)32-12-31-20/h4-11H,3,12H2,1-2H3,(H2,26,29)(H,28,30). The molecule has 0 aliphatic carbocycles. The third kappa shape index (κ3) is 3.68. The van der Waals surface area contributed by atoms with E-state index in [2.05, 4.69) is 5.32 Å². The molecule has 8 heteroatoms. The highest BCUT2D eigenvalue weighted by Gasteiger charge is 2.23. The SMILES string of the molecule is CCc1c(C)sc(NC(=O)c2cc(-c3ccc4c(c3)OCO4)nc3ccccc23)c1C(N)=O. The van der Waals surface area contributed by atoms with Crippen molar-refractivity contribution in [1.29, 1.82) is 0 Å². The Bertz CT molecular complexity index is 1430. The van der Waals surface area contributed by atoms with Gasteiger partial charge in [-0.3, -0.25) is 9.59 Å². The molecule has 0 spiro atoms. The zero-order valence-corrected chi connectivity index (χ0v) is 18.9. The molecule has 2 amide bonds. The topological polar surface area (TPSA) is 104 Å². The minimum Gasteiger partial charge on any atom is -0.454 e. The number of fused-ring (bicyclic) bond motifs is 2. The fourth-order valence-electron chi connectivity index (χ4n) is 4.09. The Hall–Kier alpha value is -3.91. The Kier molecular flexibility index (Phi) is 5.22. The smallest absolute Gasteiger partial charge is 0.257 e. The molecule has 0 radical (unpaired) electrons. The Morgan fingerprint density at radius 1 is 1.12 bits per heavy atom. The van der Waals surface area contributed by atoms with Crippen LogP contribution in [0, 0.1) is 6.92 Å². The van der Waals surface area contributed by atoms with Crippen LogP contribution in [0.5, 0.6) is 11.5 Å². The molecule has 1 aliphatic rings. The normalized spacial score (nSPS) is 12.2. The number of para-hydroxylation sites is 1. The van der Waals surface area contributed by atoms with Gasteiger partial charge in [0.1, 0.15) is 5.00 Å². The van der Waals surface area contributed by atoms with E-state index in [1.807, 2.05) is 56.3 Å². The van der Waals surface area contributed by atoms with Gasteiger partial charge in [-0.1, -0.05) is 25.1 Å². The van der Waals surface area contributed by atoms with Crippen LogP contribution < -0.4 is 20.5 Å². The van der Waals surface area contributed by atoms with Crippen molar-refractivity contribution < 1.29 is 19.1 Å². The zero-order valence-electron chi connectivity index (χ0n) is 18.1. The molecule has 2 aromatic heterocycles. The number of thiophene rings is 1. The molecule has 1 aliphatic heterocycles. The van der Waals surface area contributed by atoms with Crippen molar-refractivity contribution in [2.24, 2.45) is 5.73 Å². The van der Waals surface area contributed by atoms with Crippen LogP contribution >= 0.6 is 11.3 Å². The fourth-order valence-corrected chi connectivity index (χ4v) is 5.24. The van der Waals surface area contributed by atoms with E-state index in [0.29, 0.717) is 50.6 Å². The largest absolute Gasteiger partial charge is 0.454 e. The van der Waals surface area contributed by atoms with Crippen LogP contribution in [-0.4, -0.2) is 23.6 Å². The van der Waals surface area contributed by atoms with Gasteiger partial charge in [-0.25, -0.2) is 4.98 Å². The number of nitrogens with one attached hydrogen (secondary N) is 1. The van der Waals surface area contributed by atoms with Crippen molar-refractivity contribution in [3.63, 3.8) is 0 Å². The van der Waals surface area contributed by atoms with Gasteiger partial charge in [0.15, 0.2) is 11.5 Å². The van der Waals surface area contributed by atoms with Gasteiger partial charge >= 0.3 is 0 Å². The number of nitrogens with two attached hydrogens (primary N) is 1. The number of aryl methyl sites for hydroxylation is 1. The van der Waals surface area contributed by atoms with Crippen LogP contribution in [0.15, 0.2) is 48.5 Å². The number of pyridine rings is 1. The van der Waals surface area contributed by atoms with Gasteiger partial charge in [0.25, 0.3) is 11.8 Å². The van der Waals surface area contributed by atoms with Crippen molar-refractivity contribution in [3.05, 3.63) is 70.1 Å². The van der Waals surface area contributed by atoms with Crippen LogP contribution in [0.4, 0.5) is 5.00 Å². The molecule has 0 fully saturated rings. The molecular formula is C25H21N3O4S. The number of carbonyl (C=O) groups is 2. The first kappa shape index (κ1) is 21.0. The van der Waals surface area contributed by atoms with Crippen molar-refractivity contribution in [3.8, 4) is 22.8 Å². The molecule has 3 heterocycles. The molecule has 5 rings (SSSR count). The van der Waals surface area contributed by atoms with Crippen molar-refractivity contribution in [2.75, 3.05) is 12.1 Å². The molecule has 0 saturated carbocycles. The van der Waals surface area contributed by atoms with Crippen LogP contribution in [0.3, 0.4) is 0 Å². The summed E-state index contributed by atoms with van der Waals surface area (Å²) in [6, 6.07) is 14.8. The van der Waals surface area contributed by atoms with Gasteiger partial charge in [-0.15, -0.1) is 11.3 Å². The summed E-state index contributed by atoms with van der Waals surface area (Å²) in [6.45, 7) is 4.06. The van der Waals surface area contributed by atoms with Gasteiger partial charge < -0.3 is 20.5 Å². The quantitative estimate of drug-likeness (QED) is 0.441. The molecule has 0 unspecified atom stereocenters. The van der Waals surface area contributed by atoms with Crippen molar-refractivity contribution in [2.45, 2.75) is 20.3 Å². The lowest BCUT2D eigenvalue weighted by Crippen LogP contribution is -2.18. The summed E-state index contributed by atoms with van der Waals surface area (Å²) in [7, 11) is 0. The van der Waals surface area contributed by atoms with E-state index < -0.39 is 5.91 Å². The number of ether oxygens (including phenoxy) is 2. The lowest BCUT2D eigenvalue weighted by molar-refractivity contribution is 0.100. The van der Waals surface area contributed by atoms with Crippen LogP contribution in [-0.2, 0) is 6.42 Å². The van der Waals surface area contributed by atoms with E-state index in [1.165, 1.54) is 11.3 Å². The van der Waals surface area contributed by atoms with E-state index in [4.69, 9.17) is 20.2 Å². The number of hydrogen-bond acceptors (Lipinski definition) is 6. The highest BCUT2D eigenvalue weighted by atomic mass is 32.1. The molecule has 0 saturated heterocycles. The maximum atomic E-state index is 13.5. The summed E-state index contributed by atoms with van der Waals surface area (Å²) in [5, 5.41) is 4.10. The average Bonchev–Trinajstić information content (AvgIpc) is 3.41. The Balaban J connectivity index is 1.60. The minimum atomic E-state index is -0.549. The number of aromatic nitrogens is 1. The zero-order chi connectivity index (χ0) is 23.1. The summed E-state index contributed by atoms with van der Waals surface area (Å²) in [6.07, 6.45) is 0.656. The summed E-state index contributed by atoms with van der Waals surface area (Å²) < 4.78 is 10.9. The molecule has 4 aromatic rings. The monoisotopic (exact) mass is 459 g/mol. The van der Waals surface area contributed by atoms with Crippen LogP contribution in [0.25, 0.3) is 22.2 Å². The predicted octanol–water partition coefficient (Wildman–Crippen LogP) is 4.91. The number of amides is 2. The summed E-state index contributed by atoms with van der Waals surface area (Å²) in [5.41, 5.74) is 9.45. The van der Waals surface area contributed by atoms with E-state index in [-0.39, 0.29) is 12.7 Å². The number of hydrogen-bond donors (Lipinski definition) is 2. The highest BCUT2D eigenvalue weighted by Crippen LogP contribution is 2.37. The maximum Gasteiger partial charge on any atom is 0.257 e. The number of benzene rings is 2. The first-order valence-electron chi connectivity index (χ1n) is 10.5. The first-order chi connectivity index (χ1) is 16.0. The summed E-state index contributed by atoms with van der Waals surface area (Å²) >= 11 is 1.36. The van der Waals surface area contributed by atoms with Crippen molar-refractivity contribution >= 4 is 39.1 Å². The van der Waals surface area contributed by atoms with E-state index in [0.717, 1.165) is 16.0 Å². The molecular weight excluding hydrogens is 438 g/mol. The number of nitrogens with zero attached hydrogens (tertiary/aromatic N) is 1. The fraction of sp³-hybridized carbons (Fsp3) is 0.160. The van der Waals surface area contributed by atoms with Crippen molar-refractivity contribution in [1.82, 2.24) is 4.98 Å². The Morgan fingerprint density at radius 2 is 1.91 bits per heavy atom. The maximum absolute atomic E-state index is 13.5. The first-order valence-corrected chi connectivity index (χ1v) is 11.3. The lowest BCUT2D eigenvalue weighted by atomic mass is 10.0. The number of primary amides is 1. The molecule has 0 atom stereocenters. The Morgan fingerprint density at radius 3 is 2.70 bits per heavy atom. The summed E-state index contributed by atoms with van der Waals surface area (Å²) in [5.74, 6) is 0.436. The van der Waals surface area contributed by atoms with Gasteiger partial charge in [0.2, 0.25) is 6.79 Å². The third-order valence-electron chi connectivity index (χ3n) is 5.67. The van der Waals surface area contributed by atoms with Crippen LogP contribution in [0.2, 0.25) is 0 Å². The third-order valence-corrected chi connectivity index (χ3v) is 6.73. The van der Waals surface area contributed by atoms with E-state index in [9.17, 15) is 9.59 Å². The predicted molar refractivity (Wildman–Crippen MR) is 128 cm³/mol. The van der Waals surface area contributed by atoms with Gasteiger partial charge in [0, 0.05) is 15.8 Å².